The molecule has 1 saturated carbocycles. The molecule has 0 atom stereocenters. The molecule has 2 heterocycles. The van der Waals surface area contributed by atoms with E-state index in [1.54, 1.807) is 29.7 Å². The lowest BCUT2D eigenvalue weighted by molar-refractivity contribution is 0.201. The van der Waals surface area contributed by atoms with E-state index in [4.69, 9.17) is 9.47 Å². The molecule has 0 N–H and O–H groups in total. The van der Waals surface area contributed by atoms with Crippen molar-refractivity contribution in [2.75, 3.05) is 45.2 Å². The Morgan fingerprint density at radius 1 is 0.947 bits per heavy atom. The number of hydrogen-bond acceptors (Lipinski definition) is 7. The number of sulfonamides is 1. The van der Waals surface area contributed by atoms with Crippen LogP contribution in [0.4, 0.5) is 11.4 Å². The summed E-state index contributed by atoms with van der Waals surface area (Å²) in [4.78, 5) is 8.83. The Bertz CT molecular complexity index is 1320. The van der Waals surface area contributed by atoms with Crippen LogP contribution in [-0.2, 0) is 16.6 Å². The second-order valence-corrected chi connectivity index (χ2v) is 11.9. The minimum absolute atomic E-state index is 0.183. The van der Waals surface area contributed by atoms with Crippen LogP contribution in [0, 0.1) is 0 Å². The van der Waals surface area contributed by atoms with E-state index < -0.39 is 10.0 Å². The van der Waals surface area contributed by atoms with Crippen LogP contribution in [0.25, 0.3) is 0 Å². The first-order valence-corrected chi connectivity index (χ1v) is 14.7. The zero-order valence-electron chi connectivity index (χ0n) is 22.1. The summed E-state index contributed by atoms with van der Waals surface area (Å²) in [5.74, 6) is 1.39. The third kappa shape index (κ3) is 5.95. The van der Waals surface area contributed by atoms with Gasteiger partial charge in [-0.1, -0.05) is 12.1 Å². The summed E-state index contributed by atoms with van der Waals surface area (Å²) in [7, 11) is 0.0556. The summed E-state index contributed by atoms with van der Waals surface area (Å²) in [5, 5.41) is 0. The fraction of sp³-hybridized carbons (Fsp3) is 0.414. The Morgan fingerprint density at radius 2 is 1.71 bits per heavy atom. The Morgan fingerprint density at radius 3 is 2.42 bits per heavy atom. The largest absolute Gasteiger partial charge is 0.493 e. The van der Waals surface area contributed by atoms with Crippen LogP contribution >= 0.6 is 0 Å². The number of methoxy groups -OCH3 is 1. The molecule has 0 spiro atoms. The van der Waals surface area contributed by atoms with Crippen molar-refractivity contribution in [1.29, 1.82) is 0 Å². The van der Waals surface area contributed by atoms with Crippen molar-refractivity contribution < 1.29 is 17.9 Å². The van der Waals surface area contributed by atoms with Crippen LogP contribution in [-0.4, -0.2) is 69.0 Å². The SMILES string of the molecule is COc1ccc(N(Cc2cccnc2)c2cccc(S(=O)(=O)N3CCN(C)CC3)c2)cc1OC1CCCC1. The van der Waals surface area contributed by atoms with Gasteiger partial charge in [0.05, 0.1) is 18.1 Å². The summed E-state index contributed by atoms with van der Waals surface area (Å²) in [6.07, 6.45) is 8.19. The summed E-state index contributed by atoms with van der Waals surface area (Å²) in [5.41, 5.74) is 2.67. The number of benzene rings is 2. The van der Waals surface area contributed by atoms with Gasteiger partial charge in [-0.2, -0.15) is 4.31 Å². The molecule has 202 valence electrons. The Labute approximate surface area is 225 Å². The van der Waals surface area contributed by atoms with Gasteiger partial charge in [-0.25, -0.2) is 8.42 Å². The number of anilines is 2. The number of nitrogens with zero attached hydrogens (tertiary/aromatic N) is 4. The highest BCUT2D eigenvalue weighted by atomic mass is 32.2. The van der Waals surface area contributed by atoms with Gasteiger partial charge >= 0.3 is 0 Å². The van der Waals surface area contributed by atoms with Gasteiger partial charge in [0, 0.05) is 62.6 Å². The van der Waals surface area contributed by atoms with Gasteiger partial charge in [-0.05, 0) is 74.7 Å². The number of aromatic nitrogens is 1. The van der Waals surface area contributed by atoms with Crippen LogP contribution in [0.1, 0.15) is 31.2 Å². The summed E-state index contributed by atoms with van der Waals surface area (Å²) >= 11 is 0. The van der Waals surface area contributed by atoms with Crippen molar-refractivity contribution in [2.45, 2.75) is 43.2 Å². The maximum absolute atomic E-state index is 13.5. The zero-order chi connectivity index (χ0) is 26.5. The first kappa shape index (κ1) is 26.5. The van der Waals surface area contributed by atoms with E-state index in [0.717, 1.165) is 42.9 Å². The molecule has 9 heteroatoms. The summed E-state index contributed by atoms with van der Waals surface area (Å²) in [6, 6.07) is 17.0. The van der Waals surface area contributed by atoms with Crippen molar-refractivity contribution in [2.24, 2.45) is 0 Å². The molecule has 2 fully saturated rings. The fourth-order valence-corrected chi connectivity index (χ4v) is 6.57. The summed E-state index contributed by atoms with van der Waals surface area (Å²) in [6.45, 7) is 2.94. The van der Waals surface area contributed by atoms with Crippen LogP contribution in [0.3, 0.4) is 0 Å². The lowest BCUT2D eigenvalue weighted by atomic mass is 10.1. The minimum atomic E-state index is -3.61. The third-order valence-electron chi connectivity index (χ3n) is 7.35. The number of ether oxygens (including phenoxy) is 2. The van der Waals surface area contributed by atoms with Crippen LogP contribution < -0.4 is 14.4 Å². The number of rotatable bonds is 9. The molecule has 0 unspecified atom stereocenters. The molecule has 2 aromatic carbocycles. The predicted molar refractivity (Wildman–Crippen MR) is 149 cm³/mol. The van der Waals surface area contributed by atoms with Crippen LogP contribution in [0.2, 0.25) is 0 Å². The van der Waals surface area contributed by atoms with Gasteiger partial charge in [0.1, 0.15) is 0 Å². The minimum Gasteiger partial charge on any atom is -0.493 e. The molecular formula is C29H36N4O4S. The quantitative estimate of drug-likeness (QED) is 0.393. The smallest absolute Gasteiger partial charge is 0.243 e. The highest BCUT2D eigenvalue weighted by molar-refractivity contribution is 7.89. The molecule has 38 heavy (non-hydrogen) atoms. The molecule has 0 bridgehead atoms. The van der Waals surface area contributed by atoms with E-state index in [1.165, 1.54) is 12.8 Å². The number of pyridine rings is 1. The molecule has 1 saturated heterocycles. The number of likely N-dealkylation sites (N-methyl/N-ethyl adjacent to an activating group) is 1. The lowest BCUT2D eigenvalue weighted by Crippen LogP contribution is -2.47. The highest BCUT2D eigenvalue weighted by Crippen LogP contribution is 2.38. The highest BCUT2D eigenvalue weighted by Gasteiger charge is 2.28. The molecule has 3 aromatic rings. The second kappa shape index (κ2) is 11.7. The maximum atomic E-state index is 13.5. The van der Waals surface area contributed by atoms with E-state index >= 15 is 0 Å². The Kier molecular flexibility index (Phi) is 8.16. The van der Waals surface area contributed by atoms with Gasteiger partial charge in [-0.3, -0.25) is 4.98 Å². The standard InChI is InChI=1S/C29H36N4O4S/c1-31-15-17-32(18-16-31)38(34,35)27-11-5-8-24(19-27)33(22-23-7-6-14-30-21-23)25-12-13-28(36-2)29(20-25)37-26-9-3-4-10-26/h5-8,11-14,19-21,26H,3-4,9-10,15-18,22H2,1-2H3. The average Bonchev–Trinajstić information content (AvgIpc) is 3.46. The Hall–Kier alpha value is -3.14. The molecule has 0 radical (unpaired) electrons. The number of hydrogen-bond donors (Lipinski definition) is 0. The maximum Gasteiger partial charge on any atom is 0.243 e. The zero-order valence-corrected chi connectivity index (χ0v) is 22.9. The van der Waals surface area contributed by atoms with Crippen molar-refractivity contribution >= 4 is 21.4 Å². The Balaban J connectivity index is 1.51. The molecule has 8 nitrogen and oxygen atoms in total. The van der Waals surface area contributed by atoms with Gasteiger partial charge in [0.15, 0.2) is 11.5 Å². The molecule has 1 aliphatic heterocycles. The molecule has 0 amide bonds. The topological polar surface area (TPSA) is 75.2 Å². The summed E-state index contributed by atoms with van der Waals surface area (Å²) < 4.78 is 40.6. The average molecular weight is 537 g/mol. The molecule has 1 aromatic heterocycles. The monoisotopic (exact) mass is 536 g/mol. The van der Waals surface area contributed by atoms with Crippen molar-refractivity contribution in [3.05, 3.63) is 72.6 Å². The van der Waals surface area contributed by atoms with Gasteiger partial charge < -0.3 is 19.3 Å². The van der Waals surface area contributed by atoms with Gasteiger partial charge in [-0.15, -0.1) is 0 Å². The van der Waals surface area contributed by atoms with Crippen molar-refractivity contribution in [3.8, 4) is 11.5 Å². The second-order valence-electron chi connectivity index (χ2n) is 10.0. The van der Waals surface area contributed by atoms with E-state index in [1.807, 2.05) is 55.7 Å². The lowest BCUT2D eigenvalue weighted by Gasteiger charge is -2.32. The first-order chi connectivity index (χ1) is 18.4. The van der Waals surface area contributed by atoms with E-state index in [9.17, 15) is 8.42 Å². The molecular weight excluding hydrogens is 500 g/mol. The molecule has 5 rings (SSSR count). The van der Waals surface area contributed by atoms with E-state index in [-0.39, 0.29) is 6.10 Å². The van der Waals surface area contributed by atoms with Crippen molar-refractivity contribution in [3.63, 3.8) is 0 Å². The first-order valence-electron chi connectivity index (χ1n) is 13.2. The fourth-order valence-electron chi connectivity index (χ4n) is 5.11. The third-order valence-corrected chi connectivity index (χ3v) is 9.24. The molecule has 2 aliphatic rings. The van der Waals surface area contributed by atoms with Crippen LogP contribution in [0.15, 0.2) is 71.9 Å². The van der Waals surface area contributed by atoms with Gasteiger partial charge in [0.25, 0.3) is 0 Å². The predicted octanol–water partition coefficient (Wildman–Crippen LogP) is 4.69. The van der Waals surface area contributed by atoms with Crippen LogP contribution in [0.5, 0.6) is 11.5 Å². The van der Waals surface area contributed by atoms with E-state index in [0.29, 0.717) is 36.0 Å². The van der Waals surface area contributed by atoms with E-state index in [2.05, 4.69) is 14.8 Å². The van der Waals surface area contributed by atoms with Crippen molar-refractivity contribution in [1.82, 2.24) is 14.2 Å². The van der Waals surface area contributed by atoms with Gasteiger partial charge in [0.2, 0.25) is 10.0 Å². The number of piperazine rings is 1. The normalized spacial score (nSPS) is 17.4. The molecule has 1 aliphatic carbocycles.